The van der Waals surface area contributed by atoms with E-state index in [0.29, 0.717) is 34.4 Å². The highest BCUT2D eigenvalue weighted by Gasteiger charge is 2.39. The Hall–Kier alpha value is -3.91. The van der Waals surface area contributed by atoms with E-state index in [-0.39, 0.29) is 11.3 Å². The van der Waals surface area contributed by atoms with E-state index in [1.807, 2.05) is 6.07 Å². The monoisotopic (exact) mass is 496 g/mol. The van der Waals surface area contributed by atoms with Crippen molar-refractivity contribution in [1.82, 2.24) is 9.88 Å². The molecule has 3 heterocycles. The van der Waals surface area contributed by atoms with Crippen LogP contribution in [0, 0.1) is 0 Å². The predicted molar refractivity (Wildman–Crippen MR) is 152 cm³/mol. The number of nitrogen functional groups attached to an aromatic ring is 1. The van der Waals surface area contributed by atoms with E-state index >= 15 is 0 Å². The molecule has 8 nitrogen and oxygen atoms in total. The third kappa shape index (κ3) is 5.02. The van der Waals surface area contributed by atoms with Crippen molar-refractivity contribution in [3.63, 3.8) is 0 Å². The van der Waals surface area contributed by atoms with Crippen LogP contribution >= 0.6 is 0 Å². The highest BCUT2D eigenvalue weighted by Crippen LogP contribution is 2.44. The van der Waals surface area contributed by atoms with Gasteiger partial charge < -0.3 is 31.6 Å². The van der Waals surface area contributed by atoms with E-state index in [0.717, 1.165) is 44.4 Å². The summed E-state index contributed by atoms with van der Waals surface area (Å²) >= 11 is 0. The van der Waals surface area contributed by atoms with Gasteiger partial charge in [0.1, 0.15) is 5.82 Å². The lowest BCUT2D eigenvalue weighted by molar-refractivity contribution is 0.102. The SMILES string of the molecule is CN1CCC(N2CC(C)(C)c3ccc(NC(=O)c4cccnc4Nc4ccc(C=[N-])c(N)c4)cc32)CC1. The number of pyridine rings is 1. The molecule has 1 fully saturated rings. The minimum Gasteiger partial charge on any atom is -0.810 e. The van der Waals surface area contributed by atoms with Gasteiger partial charge in [0.15, 0.2) is 0 Å². The van der Waals surface area contributed by atoms with Crippen LogP contribution in [0.4, 0.5) is 28.6 Å². The lowest BCUT2D eigenvalue weighted by Crippen LogP contribution is -2.44. The molecule has 4 N–H and O–H groups in total. The van der Waals surface area contributed by atoms with Gasteiger partial charge in [-0.2, -0.15) is 6.21 Å². The summed E-state index contributed by atoms with van der Waals surface area (Å²) in [5.41, 5.74) is 11.4. The molecule has 3 aromatic rings. The molecule has 0 spiro atoms. The van der Waals surface area contributed by atoms with Crippen molar-refractivity contribution in [2.24, 2.45) is 0 Å². The quantitative estimate of drug-likeness (QED) is 0.333. The summed E-state index contributed by atoms with van der Waals surface area (Å²) in [5.74, 6) is 0.183. The Morgan fingerprint density at radius 2 is 1.89 bits per heavy atom. The number of nitrogens with one attached hydrogen (secondary N) is 2. The minimum atomic E-state index is -0.244. The Kier molecular flexibility index (Phi) is 6.60. The molecule has 0 saturated carbocycles. The van der Waals surface area contributed by atoms with Crippen LogP contribution in [0.1, 0.15) is 48.2 Å². The number of nitrogens with zero attached hydrogens (tertiary/aromatic N) is 4. The van der Waals surface area contributed by atoms with Gasteiger partial charge in [0.05, 0.1) is 5.56 Å². The van der Waals surface area contributed by atoms with Gasteiger partial charge in [-0.3, -0.25) is 4.79 Å². The zero-order chi connectivity index (χ0) is 26.2. The fourth-order valence-corrected chi connectivity index (χ4v) is 5.44. The van der Waals surface area contributed by atoms with Gasteiger partial charge >= 0.3 is 0 Å². The summed E-state index contributed by atoms with van der Waals surface area (Å²) in [6.07, 6.45) is 4.89. The van der Waals surface area contributed by atoms with E-state index in [1.54, 1.807) is 36.5 Å². The molecule has 1 aromatic heterocycles. The number of carbonyl (C=O) groups is 1. The highest BCUT2D eigenvalue weighted by molar-refractivity contribution is 6.08. The maximum atomic E-state index is 13.4. The van der Waals surface area contributed by atoms with Gasteiger partial charge in [-0.25, -0.2) is 4.98 Å². The van der Waals surface area contributed by atoms with E-state index in [2.05, 4.69) is 58.4 Å². The average Bonchev–Trinajstić information content (AvgIpc) is 3.15. The van der Waals surface area contributed by atoms with Crippen LogP contribution in [0.15, 0.2) is 54.7 Å². The molecule has 37 heavy (non-hydrogen) atoms. The normalized spacial score (nSPS) is 17.3. The van der Waals surface area contributed by atoms with E-state index in [1.165, 1.54) is 11.3 Å². The number of fused-ring (bicyclic) bond motifs is 1. The minimum absolute atomic E-state index is 0.0623. The second kappa shape index (κ2) is 9.86. The highest BCUT2D eigenvalue weighted by atomic mass is 16.1. The number of hydrogen-bond donors (Lipinski definition) is 3. The summed E-state index contributed by atoms with van der Waals surface area (Å²) in [5, 5.41) is 15.5. The molecule has 8 heteroatoms. The first-order valence-corrected chi connectivity index (χ1v) is 12.8. The van der Waals surface area contributed by atoms with Gasteiger partial charge in [-0.15, -0.1) is 0 Å². The number of likely N-dealkylation sites (tertiary alicyclic amines) is 1. The first-order chi connectivity index (χ1) is 17.7. The van der Waals surface area contributed by atoms with Gasteiger partial charge in [0, 0.05) is 46.9 Å². The topological polar surface area (TPSA) is 109 Å². The number of anilines is 5. The number of piperidine rings is 1. The molecule has 0 radical (unpaired) electrons. The number of aromatic nitrogens is 1. The van der Waals surface area contributed by atoms with Crippen molar-refractivity contribution in [2.45, 2.75) is 38.1 Å². The van der Waals surface area contributed by atoms with Crippen molar-refractivity contribution in [2.75, 3.05) is 47.9 Å². The largest absolute Gasteiger partial charge is 0.810 e. The number of rotatable bonds is 6. The second-order valence-electron chi connectivity index (χ2n) is 10.7. The molecule has 1 saturated heterocycles. The van der Waals surface area contributed by atoms with Gasteiger partial charge in [0.25, 0.3) is 5.91 Å². The number of carbonyl (C=O) groups excluding carboxylic acids is 1. The molecule has 5 rings (SSSR count). The smallest absolute Gasteiger partial charge is 0.259 e. The zero-order valence-electron chi connectivity index (χ0n) is 21.7. The Bertz CT molecular complexity index is 1330. The number of benzene rings is 2. The number of hydrogen-bond acceptors (Lipinski definition) is 6. The summed E-state index contributed by atoms with van der Waals surface area (Å²) in [7, 11) is 2.19. The molecule has 0 unspecified atom stereocenters. The first kappa shape index (κ1) is 24.8. The summed E-state index contributed by atoms with van der Waals surface area (Å²) in [4.78, 5) is 22.7. The van der Waals surface area contributed by atoms with E-state index < -0.39 is 0 Å². The molecule has 1 amide bonds. The van der Waals surface area contributed by atoms with E-state index in [9.17, 15) is 10.2 Å². The van der Waals surface area contributed by atoms with Crippen LogP contribution < -0.4 is 21.3 Å². The lowest BCUT2D eigenvalue weighted by Gasteiger charge is -2.37. The number of nitrogens with two attached hydrogens (primary N) is 1. The zero-order valence-corrected chi connectivity index (χ0v) is 21.7. The molecule has 0 atom stereocenters. The molecular formula is C29H34N7O-. The maximum Gasteiger partial charge on any atom is 0.259 e. The molecule has 2 aromatic carbocycles. The first-order valence-electron chi connectivity index (χ1n) is 12.8. The van der Waals surface area contributed by atoms with E-state index in [4.69, 9.17) is 5.73 Å². The van der Waals surface area contributed by atoms with Crippen molar-refractivity contribution in [1.29, 1.82) is 0 Å². The Balaban J connectivity index is 1.37. The molecule has 0 bridgehead atoms. The van der Waals surface area contributed by atoms with Crippen molar-refractivity contribution in [3.8, 4) is 0 Å². The molecular weight excluding hydrogens is 462 g/mol. The Morgan fingerprint density at radius 3 is 2.62 bits per heavy atom. The van der Waals surface area contributed by atoms with Crippen molar-refractivity contribution >= 4 is 40.7 Å². The second-order valence-corrected chi connectivity index (χ2v) is 10.7. The van der Waals surface area contributed by atoms with Crippen LogP contribution in [0.25, 0.3) is 5.41 Å². The van der Waals surface area contributed by atoms with Crippen LogP contribution in [-0.4, -0.2) is 54.7 Å². The Morgan fingerprint density at radius 1 is 1.14 bits per heavy atom. The molecule has 0 aliphatic carbocycles. The number of amides is 1. The molecule has 2 aliphatic rings. The summed E-state index contributed by atoms with van der Waals surface area (Å²) in [6.45, 7) is 7.79. The molecule has 192 valence electrons. The van der Waals surface area contributed by atoms with Gasteiger partial charge in [-0.05, 0) is 80.5 Å². The average molecular weight is 497 g/mol. The van der Waals surface area contributed by atoms with Crippen LogP contribution in [-0.2, 0) is 5.41 Å². The standard InChI is InChI=1S/C29H34N7O/c1-29(2)18-36(22-10-13-35(3)14-11-22)26-16-21(8-9-24(26)29)34-28(37)23-5-4-12-32-27(23)33-20-7-6-19(17-30)25(31)15-20/h4-9,12,15-17,22H,10-11,13-14,18,31H2,1-3H3,(H,32,33)(H,34,37)/q-1. The van der Waals surface area contributed by atoms with Crippen molar-refractivity contribution in [3.05, 3.63) is 76.8 Å². The third-order valence-electron chi connectivity index (χ3n) is 7.53. The maximum absolute atomic E-state index is 13.4. The summed E-state index contributed by atoms with van der Waals surface area (Å²) < 4.78 is 0. The predicted octanol–water partition coefficient (Wildman–Crippen LogP) is 4.84. The molecule has 2 aliphatic heterocycles. The summed E-state index contributed by atoms with van der Waals surface area (Å²) in [6, 6.07) is 15.4. The third-order valence-corrected chi connectivity index (χ3v) is 7.53. The van der Waals surface area contributed by atoms with Crippen molar-refractivity contribution < 1.29 is 4.79 Å². The van der Waals surface area contributed by atoms with Crippen LogP contribution in [0.2, 0.25) is 0 Å². The van der Waals surface area contributed by atoms with Crippen LogP contribution in [0.5, 0.6) is 0 Å². The van der Waals surface area contributed by atoms with Crippen LogP contribution in [0.3, 0.4) is 0 Å². The fourth-order valence-electron chi connectivity index (χ4n) is 5.44. The van der Waals surface area contributed by atoms with Gasteiger partial charge in [0.2, 0.25) is 0 Å². The van der Waals surface area contributed by atoms with Gasteiger partial charge in [-0.1, -0.05) is 26.0 Å². The lowest BCUT2D eigenvalue weighted by atomic mass is 9.87. The fraction of sp³-hybridized carbons (Fsp3) is 0.345. The Labute approximate surface area is 218 Å².